The van der Waals surface area contributed by atoms with E-state index in [4.69, 9.17) is 0 Å². The summed E-state index contributed by atoms with van der Waals surface area (Å²) in [4.78, 5) is 10.5. The minimum absolute atomic E-state index is 0.194. The zero-order valence-corrected chi connectivity index (χ0v) is 12.4. The number of benzene rings is 1. The van der Waals surface area contributed by atoms with E-state index in [2.05, 4.69) is 5.32 Å². The van der Waals surface area contributed by atoms with Gasteiger partial charge in [0, 0.05) is 25.2 Å². The molecule has 1 amide bonds. The highest BCUT2D eigenvalue weighted by atomic mass is 32.2. The predicted octanol–water partition coefficient (Wildman–Crippen LogP) is 0.929. The number of aliphatic hydroxyl groups is 1. The first kappa shape index (κ1) is 15.9. The topological polar surface area (TPSA) is 86.7 Å². The summed E-state index contributed by atoms with van der Waals surface area (Å²) >= 11 is 0. The van der Waals surface area contributed by atoms with Gasteiger partial charge in [0.15, 0.2) is 0 Å². The molecule has 1 aliphatic heterocycles. The summed E-state index contributed by atoms with van der Waals surface area (Å²) < 4.78 is 40.1. The quantitative estimate of drug-likeness (QED) is 0.865. The molecule has 0 aliphatic carbocycles. The molecule has 0 spiro atoms. The summed E-state index contributed by atoms with van der Waals surface area (Å²) in [6.45, 7) is 1.25. The molecule has 2 N–H and O–H groups in total. The van der Waals surface area contributed by atoms with Crippen molar-refractivity contribution in [1.29, 1.82) is 0 Å². The Morgan fingerprint density at radius 3 is 2.81 bits per heavy atom. The first-order chi connectivity index (χ1) is 9.86. The van der Waals surface area contributed by atoms with E-state index in [-0.39, 0.29) is 24.7 Å². The van der Waals surface area contributed by atoms with Crippen molar-refractivity contribution in [2.45, 2.75) is 30.7 Å². The van der Waals surface area contributed by atoms with Crippen LogP contribution in [0.5, 0.6) is 0 Å². The highest BCUT2D eigenvalue weighted by molar-refractivity contribution is 7.89. The number of carbonyl (C=O) groups is 1. The number of halogens is 1. The Labute approximate surface area is 122 Å². The molecule has 0 bridgehead atoms. The zero-order valence-electron chi connectivity index (χ0n) is 11.5. The van der Waals surface area contributed by atoms with Gasteiger partial charge in [0.1, 0.15) is 10.7 Å². The Morgan fingerprint density at radius 1 is 1.52 bits per heavy atom. The summed E-state index contributed by atoms with van der Waals surface area (Å²) in [6, 6.07) is 2.92. The van der Waals surface area contributed by atoms with Gasteiger partial charge in [-0.2, -0.15) is 4.31 Å². The van der Waals surface area contributed by atoms with Crippen LogP contribution in [-0.2, 0) is 14.8 Å². The number of nitrogens with zero attached hydrogens (tertiary/aromatic N) is 1. The third-order valence-corrected chi connectivity index (χ3v) is 5.36. The number of hydrogen-bond acceptors (Lipinski definition) is 4. The normalized spacial score (nSPS) is 19.7. The van der Waals surface area contributed by atoms with Crippen molar-refractivity contribution in [2.24, 2.45) is 0 Å². The smallest absolute Gasteiger partial charge is 0.246 e. The molecule has 0 saturated carbocycles. The summed E-state index contributed by atoms with van der Waals surface area (Å²) in [5.41, 5.74) is 0.194. The number of nitrogens with one attached hydrogen (secondary N) is 1. The summed E-state index contributed by atoms with van der Waals surface area (Å²) in [5, 5.41) is 11.6. The monoisotopic (exact) mass is 316 g/mol. The van der Waals surface area contributed by atoms with Crippen LogP contribution in [0.2, 0.25) is 0 Å². The van der Waals surface area contributed by atoms with Gasteiger partial charge in [0.2, 0.25) is 15.9 Å². The van der Waals surface area contributed by atoms with E-state index in [0.717, 1.165) is 16.4 Å². The van der Waals surface area contributed by atoms with Gasteiger partial charge < -0.3 is 10.4 Å². The van der Waals surface area contributed by atoms with E-state index in [1.54, 1.807) is 0 Å². The summed E-state index contributed by atoms with van der Waals surface area (Å²) in [7, 11) is -3.99. The summed E-state index contributed by atoms with van der Waals surface area (Å²) in [5.74, 6) is -1.30. The van der Waals surface area contributed by atoms with Crippen LogP contribution in [0.1, 0.15) is 19.8 Å². The molecular weight excluding hydrogens is 299 g/mol. The summed E-state index contributed by atoms with van der Waals surface area (Å²) in [6.07, 6.45) is 1.19. The minimum atomic E-state index is -3.99. The van der Waals surface area contributed by atoms with Gasteiger partial charge in [-0.1, -0.05) is 0 Å². The van der Waals surface area contributed by atoms with Crippen molar-refractivity contribution < 1.29 is 22.7 Å². The Balaban J connectivity index is 2.34. The molecule has 2 rings (SSSR count). The second-order valence-corrected chi connectivity index (χ2v) is 6.78. The molecule has 116 valence electrons. The van der Waals surface area contributed by atoms with E-state index in [0.29, 0.717) is 12.8 Å². The molecular formula is C13H17FN2O4S. The fourth-order valence-electron chi connectivity index (χ4n) is 2.43. The first-order valence-electron chi connectivity index (χ1n) is 6.56. The van der Waals surface area contributed by atoms with Crippen molar-refractivity contribution in [2.75, 3.05) is 18.5 Å². The molecule has 1 fully saturated rings. The van der Waals surface area contributed by atoms with E-state index in [1.807, 2.05) is 0 Å². The molecule has 1 aromatic carbocycles. The molecule has 6 nitrogen and oxygen atoms in total. The van der Waals surface area contributed by atoms with Crippen LogP contribution in [0.15, 0.2) is 23.1 Å². The van der Waals surface area contributed by atoms with Gasteiger partial charge in [0.05, 0.1) is 6.61 Å². The predicted molar refractivity (Wildman–Crippen MR) is 74.7 cm³/mol. The third kappa shape index (κ3) is 3.22. The maximum Gasteiger partial charge on any atom is 0.246 e. The van der Waals surface area contributed by atoms with Crippen molar-refractivity contribution in [3.05, 3.63) is 24.0 Å². The largest absolute Gasteiger partial charge is 0.395 e. The molecule has 0 aromatic heterocycles. The lowest BCUT2D eigenvalue weighted by molar-refractivity contribution is -0.114. The van der Waals surface area contributed by atoms with E-state index >= 15 is 0 Å². The second kappa shape index (κ2) is 6.08. The molecule has 1 unspecified atom stereocenters. The lowest BCUT2D eigenvalue weighted by atomic mass is 10.2. The van der Waals surface area contributed by atoms with Crippen LogP contribution >= 0.6 is 0 Å². The van der Waals surface area contributed by atoms with Crippen molar-refractivity contribution in [1.82, 2.24) is 4.31 Å². The second-order valence-electron chi connectivity index (χ2n) is 4.92. The van der Waals surface area contributed by atoms with Crippen molar-refractivity contribution in [3.8, 4) is 0 Å². The highest BCUT2D eigenvalue weighted by Gasteiger charge is 2.36. The number of sulfonamides is 1. The number of aliphatic hydroxyl groups excluding tert-OH is 1. The van der Waals surface area contributed by atoms with Crippen LogP contribution in [0.3, 0.4) is 0 Å². The third-order valence-electron chi connectivity index (χ3n) is 3.37. The molecule has 1 heterocycles. The molecule has 21 heavy (non-hydrogen) atoms. The van der Waals surface area contributed by atoms with Crippen LogP contribution in [0.4, 0.5) is 10.1 Å². The number of rotatable bonds is 4. The number of anilines is 1. The van der Waals surface area contributed by atoms with Crippen molar-refractivity contribution in [3.63, 3.8) is 0 Å². The highest BCUT2D eigenvalue weighted by Crippen LogP contribution is 2.28. The molecule has 1 saturated heterocycles. The molecule has 1 atom stereocenters. The fourth-order valence-corrected chi connectivity index (χ4v) is 4.16. The Kier molecular flexibility index (Phi) is 4.60. The van der Waals surface area contributed by atoms with Gasteiger partial charge in [-0.3, -0.25) is 4.79 Å². The zero-order chi connectivity index (χ0) is 15.6. The first-order valence-corrected chi connectivity index (χ1v) is 8.00. The van der Waals surface area contributed by atoms with E-state index in [1.165, 1.54) is 13.0 Å². The van der Waals surface area contributed by atoms with Gasteiger partial charge in [-0.15, -0.1) is 0 Å². The SMILES string of the molecule is CC(=O)Nc1ccc(S(=O)(=O)N2CCCC2CO)c(F)c1. The van der Waals surface area contributed by atoms with Crippen LogP contribution < -0.4 is 5.32 Å². The lowest BCUT2D eigenvalue weighted by Gasteiger charge is -2.22. The molecule has 0 radical (unpaired) electrons. The van der Waals surface area contributed by atoms with Gasteiger partial charge >= 0.3 is 0 Å². The Morgan fingerprint density at radius 2 is 2.24 bits per heavy atom. The average molecular weight is 316 g/mol. The number of amides is 1. The minimum Gasteiger partial charge on any atom is -0.395 e. The lowest BCUT2D eigenvalue weighted by Crippen LogP contribution is -2.38. The maximum absolute atomic E-state index is 14.1. The van der Waals surface area contributed by atoms with Crippen LogP contribution in [-0.4, -0.2) is 42.9 Å². The van der Waals surface area contributed by atoms with E-state index < -0.39 is 26.8 Å². The number of carbonyl (C=O) groups excluding carboxylic acids is 1. The van der Waals surface area contributed by atoms with Crippen molar-refractivity contribution >= 4 is 21.6 Å². The van der Waals surface area contributed by atoms with Crippen LogP contribution in [0, 0.1) is 5.82 Å². The van der Waals surface area contributed by atoms with Gasteiger partial charge in [0.25, 0.3) is 0 Å². The fraction of sp³-hybridized carbons (Fsp3) is 0.462. The molecule has 8 heteroatoms. The molecule has 1 aliphatic rings. The van der Waals surface area contributed by atoms with Gasteiger partial charge in [-0.05, 0) is 31.0 Å². The van der Waals surface area contributed by atoms with Gasteiger partial charge in [-0.25, -0.2) is 12.8 Å². The van der Waals surface area contributed by atoms with E-state index in [9.17, 15) is 22.7 Å². The maximum atomic E-state index is 14.1. The standard InChI is InChI=1S/C13H17FN2O4S/c1-9(18)15-10-4-5-13(12(14)7-10)21(19,20)16-6-2-3-11(16)8-17/h4-5,7,11,17H,2-3,6,8H2,1H3,(H,15,18). The Hall–Kier alpha value is -1.51. The average Bonchev–Trinajstić information content (AvgIpc) is 2.86. The molecule has 1 aromatic rings. The number of hydrogen-bond donors (Lipinski definition) is 2. The van der Waals surface area contributed by atoms with Crippen LogP contribution in [0.25, 0.3) is 0 Å². The Bertz CT molecular complexity index is 648.